The summed E-state index contributed by atoms with van der Waals surface area (Å²) in [7, 11) is 1.43. The Morgan fingerprint density at radius 1 is 1.41 bits per heavy atom. The lowest BCUT2D eigenvalue weighted by Gasteiger charge is -2.17. The maximum absolute atomic E-state index is 11.9. The van der Waals surface area contributed by atoms with Crippen molar-refractivity contribution in [2.24, 2.45) is 0 Å². The summed E-state index contributed by atoms with van der Waals surface area (Å²) in [4.78, 5) is 23.7. The van der Waals surface area contributed by atoms with Crippen molar-refractivity contribution in [3.8, 4) is 5.75 Å². The monoisotopic (exact) mass is 238 g/mol. The minimum atomic E-state index is -0.556. The van der Waals surface area contributed by atoms with Gasteiger partial charge >= 0.3 is 0 Å². The van der Waals surface area contributed by atoms with Gasteiger partial charge in [-0.2, -0.15) is 0 Å². The molecule has 0 radical (unpaired) electrons. The Morgan fingerprint density at radius 2 is 2.06 bits per heavy atom. The van der Waals surface area contributed by atoms with E-state index in [9.17, 15) is 9.59 Å². The van der Waals surface area contributed by atoms with Crippen molar-refractivity contribution in [2.75, 3.05) is 7.11 Å². The zero-order chi connectivity index (χ0) is 13.0. The molecule has 0 aliphatic carbocycles. The molecular weight excluding hydrogens is 220 g/mol. The molecule has 0 saturated carbocycles. The van der Waals surface area contributed by atoms with Gasteiger partial charge in [-0.15, -0.1) is 0 Å². The van der Waals surface area contributed by atoms with Gasteiger partial charge in [-0.25, -0.2) is 0 Å². The molecule has 1 amide bonds. The molecule has 1 aromatic heterocycles. The van der Waals surface area contributed by atoms with Crippen LogP contribution in [0.25, 0.3) is 0 Å². The largest absolute Gasteiger partial charge is 0.491 e. The zero-order valence-electron chi connectivity index (χ0n) is 10.6. The van der Waals surface area contributed by atoms with Crippen LogP contribution in [0.3, 0.4) is 0 Å². The fourth-order valence-corrected chi connectivity index (χ4v) is 1.48. The smallest absolute Gasteiger partial charge is 0.293 e. The van der Waals surface area contributed by atoms with Crippen molar-refractivity contribution < 1.29 is 9.53 Å². The van der Waals surface area contributed by atoms with Crippen LogP contribution in [0.5, 0.6) is 5.75 Å². The molecule has 0 spiro atoms. The number of amides is 1. The number of nitrogens with one attached hydrogen (secondary N) is 1. The molecule has 0 aliphatic heterocycles. The van der Waals surface area contributed by atoms with Crippen LogP contribution in [0.1, 0.15) is 26.8 Å². The van der Waals surface area contributed by atoms with Crippen molar-refractivity contribution in [1.82, 2.24) is 9.88 Å². The topological polar surface area (TPSA) is 60.3 Å². The number of hydrogen-bond donors (Lipinski definition) is 1. The molecule has 0 bridgehead atoms. The summed E-state index contributed by atoms with van der Waals surface area (Å²) < 4.78 is 6.29. The molecule has 94 valence electrons. The Kier molecular flexibility index (Phi) is 4.31. The number of hydrogen-bond acceptors (Lipinski definition) is 3. The lowest BCUT2D eigenvalue weighted by atomic mass is 10.2. The first-order valence-corrected chi connectivity index (χ1v) is 5.53. The molecule has 0 aromatic carbocycles. The number of pyridine rings is 1. The third-order valence-electron chi connectivity index (χ3n) is 2.39. The minimum Gasteiger partial charge on any atom is -0.491 e. The summed E-state index contributed by atoms with van der Waals surface area (Å²) in [5.41, 5.74) is -0.304. The number of ether oxygens (including phenoxy) is 1. The van der Waals surface area contributed by atoms with Crippen LogP contribution in [0.2, 0.25) is 0 Å². The zero-order valence-corrected chi connectivity index (χ0v) is 10.6. The second-order valence-electron chi connectivity index (χ2n) is 4.13. The molecule has 5 heteroatoms. The fraction of sp³-hybridized carbons (Fsp3) is 0.500. The third-order valence-corrected chi connectivity index (χ3v) is 2.39. The normalized spacial score (nSPS) is 12.3. The molecule has 0 aliphatic rings. The number of aromatic nitrogens is 1. The number of carbonyl (C=O) groups excluding carboxylic acids is 1. The van der Waals surface area contributed by atoms with Gasteiger partial charge in [-0.05, 0) is 32.9 Å². The molecule has 1 aromatic rings. The second kappa shape index (κ2) is 5.52. The van der Waals surface area contributed by atoms with E-state index in [2.05, 4.69) is 5.32 Å². The lowest BCUT2D eigenvalue weighted by molar-refractivity contribution is -0.124. The average Bonchev–Trinajstić information content (AvgIpc) is 2.27. The van der Waals surface area contributed by atoms with E-state index >= 15 is 0 Å². The van der Waals surface area contributed by atoms with Crippen LogP contribution in [0.4, 0.5) is 0 Å². The average molecular weight is 238 g/mol. The first-order chi connectivity index (χ1) is 7.97. The van der Waals surface area contributed by atoms with Crippen molar-refractivity contribution in [3.05, 3.63) is 28.7 Å². The Bertz CT molecular complexity index is 451. The number of rotatable bonds is 4. The van der Waals surface area contributed by atoms with Gasteiger partial charge in [0.15, 0.2) is 5.75 Å². The number of carbonyl (C=O) groups is 1. The van der Waals surface area contributed by atoms with Gasteiger partial charge in [0, 0.05) is 12.2 Å². The fourth-order valence-electron chi connectivity index (χ4n) is 1.48. The van der Waals surface area contributed by atoms with E-state index in [1.54, 1.807) is 25.3 Å². The van der Waals surface area contributed by atoms with Crippen molar-refractivity contribution in [3.63, 3.8) is 0 Å². The Labute approximate surface area is 100 Å². The van der Waals surface area contributed by atoms with Crippen LogP contribution in [-0.2, 0) is 4.79 Å². The predicted octanol–water partition coefficient (Wildman–Crippen LogP) is 0.942. The van der Waals surface area contributed by atoms with E-state index in [0.29, 0.717) is 0 Å². The maximum atomic E-state index is 11.9. The van der Waals surface area contributed by atoms with Crippen molar-refractivity contribution >= 4 is 5.91 Å². The SMILES string of the molecule is COc1cccn([C@@H](C)C(=O)NC(C)C)c1=O. The molecule has 0 fully saturated rings. The summed E-state index contributed by atoms with van der Waals surface area (Å²) in [5.74, 6) is 0.0482. The summed E-state index contributed by atoms with van der Waals surface area (Å²) >= 11 is 0. The van der Waals surface area contributed by atoms with E-state index in [1.165, 1.54) is 11.7 Å². The highest BCUT2D eigenvalue weighted by Crippen LogP contribution is 2.07. The quantitative estimate of drug-likeness (QED) is 0.849. The molecule has 0 saturated heterocycles. The van der Waals surface area contributed by atoms with E-state index in [-0.39, 0.29) is 23.3 Å². The van der Waals surface area contributed by atoms with Gasteiger partial charge in [0.1, 0.15) is 6.04 Å². The highest BCUT2D eigenvalue weighted by molar-refractivity contribution is 5.80. The van der Waals surface area contributed by atoms with E-state index in [4.69, 9.17) is 4.74 Å². The van der Waals surface area contributed by atoms with Crippen LogP contribution >= 0.6 is 0 Å². The Balaban J connectivity index is 3.00. The molecule has 0 unspecified atom stereocenters. The van der Waals surface area contributed by atoms with Gasteiger partial charge < -0.3 is 14.6 Å². The number of nitrogens with zero attached hydrogens (tertiary/aromatic N) is 1. The Hall–Kier alpha value is -1.78. The number of methoxy groups -OCH3 is 1. The van der Waals surface area contributed by atoms with Crippen molar-refractivity contribution in [1.29, 1.82) is 0 Å². The molecule has 1 rings (SSSR count). The van der Waals surface area contributed by atoms with Gasteiger partial charge in [0.2, 0.25) is 5.91 Å². The highest BCUT2D eigenvalue weighted by Gasteiger charge is 2.17. The molecule has 5 nitrogen and oxygen atoms in total. The van der Waals surface area contributed by atoms with Gasteiger partial charge in [-0.3, -0.25) is 9.59 Å². The second-order valence-corrected chi connectivity index (χ2v) is 4.13. The molecule has 1 heterocycles. The standard InChI is InChI=1S/C12H18N2O3/c1-8(2)13-11(15)9(3)14-7-5-6-10(17-4)12(14)16/h5-9H,1-4H3,(H,13,15)/t9-/m0/s1. The van der Waals surface area contributed by atoms with Crippen molar-refractivity contribution in [2.45, 2.75) is 32.9 Å². The molecular formula is C12H18N2O3. The summed E-state index contributed by atoms with van der Waals surface area (Å²) in [6, 6.07) is 2.75. The van der Waals surface area contributed by atoms with E-state index < -0.39 is 6.04 Å². The van der Waals surface area contributed by atoms with Gasteiger partial charge in [-0.1, -0.05) is 0 Å². The first kappa shape index (κ1) is 13.3. The minimum absolute atomic E-state index is 0.0475. The van der Waals surface area contributed by atoms with E-state index in [0.717, 1.165) is 0 Å². The van der Waals surface area contributed by atoms with Gasteiger partial charge in [0.05, 0.1) is 7.11 Å². The molecule has 1 atom stereocenters. The van der Waals surface area contributed by atoms with Crippen LogP contribution in [0, 0.1) is 0 Å². The third kappa shape index (κ3) is 3.09. The highest BCUT2D eigenvalue weighted by atomic mass is 16.5. The van der Waals surface area contributed by atoms with E-state index in [1.807, 2.05) is 13.8 Å². The van der Waals surface area contributed by atoms with Crippen LogP contribution < -0.4 is 15.6 Å². The van der Waals surface area contributed by atoms with Gasteiger partial charge in [0.25, 0.3) is 5.56 Å². The predicted molar refractivity (Wildman–Crippen MR) is 65.2 cm³/mol. The van der Waals surface area contributed by atoms with Crippen LogP contribution in [0.15, 0.2) is 23.1 Å². The lowest BCUT2D eigenvalue weighted by Crippen LogP contribution is -2.38. The summed E-state index contributed by atoms with van der Waals surface area (Å²) in [6.45, 7) is 5.43. The molecule has 1 N–H and O–H groups in total. The summed E-state index contributed by atoms with van der Waals surface area (Å²) in [6.07, 6.45) is 1.58. The first-order valence-electron chi connectivity index (χ1n) is 5.53. The molecule has 17 heavy (non-hydrogen) atoms. The maximum Gasteiger partial charge on any atom is 0.293 e. The van der Waals surface area contributed by atoms with Crippen LogP contribution in [-0.4, -0.2) is 23.6 Å². The summed E-state index contributed by atoms with van der Waals surface area (Å²) in [5, 5.41) is 2.77. The Morgan fingerprint density at radius 3 is 2.59 bits per heavy atom.